The van der Waals surface area contributed by atoms with Crippen LogP contribution < -0.4 is 9.64 Å². The molecule has 0 aliphatic carbocycles. The average molecular weight is 478 g/mol. The second-order valence-corrected chi connectivity index (χ2v) is 8.79. The van der Waals surface area contributed by atoms with E-state index in [9.17, 15) is 19.8 Å². The van der Waals surface area contributed by atoms with E-state index in [0.29, 0.717) is 27.6 Å². The number of Topliss-reactive ketones (excluding diaryl/α,β-unsaturated/α-hetero) is 1. The second-order valence-electron chi connectivity index (χ2n) is 8.35. The number of aliphatic hydroxyl groups is 1. The highest BCUT2D eigenvalue weighted by Crippen LogP contribution is 2.43. The van der Waals surface area contributed by atoms with Gasteiger partial charge in [-0.25, -0.2) is 0 Å². The summed E-state index contributed by atoms with van der Waals surface area (Å²) in [5.74, 6) is -1.06. The number of benzene rings is 3. The highest BCUT2D eigenvalue weighted by atomic mass is 35.5. The fraction of sp³-hybridized carbons (Fsp3) is 0.185. The molecule has 174 valence electrons. The molecular weight excluding hydrogens is 454 g/mol. The Morgan fingerprint density at radius 3 is 2.35 bits per heavy atom. The monoisotopic (exact) mass is 477 g/mol. The number of halogens is 1. The van der Waals surface area contributed by atoms with Crippen LogP contribution in [0.3, 0.4) is 0 Å². The second kappa shape index (κ2) is 9.23. The molecule has 0 spiro atoms. The molecule has 0 radical (unpaired) electrons. The van der Waals surface area contributed by atoms with Crippen LogP contribution in [-0.4, -0.2) is 29.0 Å². The van der Waals surface area contributed by atoms with Gasteiger partial charge in [0.15, 0.2) is 0 Å². The number of nitrogens with zero attached hydrogens (tertiary/aromatic N) is 1. The first-order chi connectivity index (χ1) is 16.2. The minimum absolute atomic E-state index is 0.0418. The van der Waals surface area contributed by atoms with Crippen molar-refractivity contribution in [2.75, 3.05) is 12.0 Å². The normalized spacial score (nSPS) is 17.4. The van der Waals surface area contributed by atoms with Crippen molar-refractivity contribution in [3.8, 4) is 11.5 Å². The van der Waals surface area contributed by atoms with Crippen LogP contribution in [0.5, 0.6) is 11.5 Å². The number of phenols is 1. The Bertz CT molecular complexity index is 1300. The van der Waals surface area contributed by atoms with Gasteiger partial charge in [-0.3, -0.25) is 14.5 Å². The molecule has 1 heterocycles. The van der Waals surface area contributed by atoms with Crippen LogP contribution in [0.4, 0.5) is 5.69 Å². The Morgan fingerprint density at radius 1 is 1.03 bits per heavy atom. The molecule has 1 atom stereocenters. The smallest absolute Gasteiger partial charge is 0.300 e. The first-order valence-electron chi connectivity index (χ1n) is 10.8. The van der Waals surface area contributed by atoms with Gasteiger partial charge in [-0.05, 0) is 65.6 Å². The maximum absolute atomic E-state index is 13.3. The molecule has 1 unspecified atom stereocenters. The lowest BCUT2D eigenvalue weighted by molar-refractivity contribution is -0.132. The van der Waals surface area contributed by atoms with Crippen LogP contribution in [0.2, 0.25) is 5.02 Å². The van der Waals surface area contributed by atoms with Crippen molar-refractivity contribution in [1.82, 2.24) is 0 Å². The van der Waals surface area contributed by atoms with Gasteiger partial charge in [-0.1, -0.05) is 43.6 Å². The number of hydrogen-bond donors (Lipinski definition) is 2. The Hall–Kier alpha value is -3.77. The highest BCUT2D eigenvalue weighted by Gasteiger charge is 2.47. The molecule has 4 rings (SSSR count). The van der Waals surface area contributed by atoms with E-state index >= 15 is 0 Å². The standard InChI is InChI=1S/C27H24ClNO5/c1-15(2)21-13-17(9-12-22(21)34-3)25(31)23-24(16-7-10-20(30)11-8-16)29(27(33)26(23)32)19-6-4-5-18(28)14-19/h4-15,24,30-31H,1-3H3/b25-23-. The van der Waals surface area contributed by atoms with Gasteiger partial charge >= 0.3 is 0 Å². The number of rotatable bonds is 5. The van der Waals surface area contributed by atoms with E-state index in [2.05, 4.69) is 0 Å². The largest absolute Gasteiger partial charge is 0.508 e. The number of amides is 1. The van der Waals surface area contributed by atoms with E-state index in [1.165, 1.54) is 17.0 Å². The van der Waals surface area contributed by atoms with Crippen molar-refractivity contribution in [3.63, 3.8) is 0 Å². The zero-order valence-electron chi connectivity index (χ0n) is 18.9. The maximum atomic E-state index is 13.3. The van der Waals surface area contributed by atoms with E-state index < -0.39 is 17.7 Å². The zero-order chi connectivity index (χ0) is 24.6. The molecule has 2 N–H and O–H groups in total. The third kappa shape index (κ3) is 4.13. The highest BCUT2D eigenvalue weighted by molar-refractivity contribution is 6.51. The van der Waals surface area contributed by atoms with Gasteiger partial charge in [0.1, 0.15) is 17.3 Å². The molecule has 0 aromatic heterocycles. The van der Waals surface area contributed by atoms with Crippen LogP contribution in [0.25, 0.3) is 5.76 Å². The molecule has 3 aromatic rings. The number of carbonyl (C=O) groups is 2. The van der Waals surface area contributed by atoms with E-state index in [-0.39, 0.29) is 23.0 Å². The van der Waals surface area contributed by atoms with Gasteiger partial charge in [0.2, 0.25) is 0 Å². The lowest BCUT2D eigenvalue weighted by Gasteiger charge is -2.25. The summed E-state index contributed by atoms with van der Waals surface area (Å²) in [5, 5.41) is 21.5. The van der Waals surface area contributed by atoms with Gasteiger partial charge < -0.3 is 14.9 Å². The molecule has 3 aromatic carbocycles. The molecule has 0 bridgehead atoms. The number of phenolic OH excluding ortho intramolecular Hbond substituents is 1. The molecule has 1 aliphatic heterocycles. The van der Waals surface area contributed by atoms with Crippen molar-refractivity contribution >= 4 is 34.7 Å². The number of anilines is 1. The van der Waals surface area contributed by atoms with Gasteiger partial charge in [0, 0.05) is 16.3 Å². The van der Waals surface area contributed by atoms with Gasteiger partial charge in [0.25, 0.3) is 11.7 Å². The summed E-state index contributed by atoms with van der Waals surface area (Å²) in [5.41, 5.74) is 2.19. The van der Waals surface area contributed by atoms with Gasteiger partial charge in [-0.15, -0.1) is 0 Å². The summed E-state index contributed by atoms with van der Waals surface area (Å²) in [4.78, 5) is 27.8. The fourth-order valence-corrected chi connectivity index (χ4v) is 4.37. The summed E-state index contributed by atoms with van der Waals surface area (Å²) in [6.07, 6.45) is 0. The Labute approximate surface area is 202 Å². The van der Waals surface area contributed by atoms with E-state index in [1.54, 1.807) is 61.7 Å². The summed E-state index contributed by atoms with van der Waals surface area (Å²) < 4.78 is 5.43. The van der Waals surface area contributed by atoms with Crippen molar-refractivity contribution < 1.29 is 24.5 Å². The number of ether oxygens (including phenoxy) is 1. The molecule has 1 saturated heterocycles. The van der Waals surface area contributed by atoms with E-state index in [1.807, 2.05) is 13.8 Å². The minimum atomic E-state index is -0.913. The Kier molecular flexibility index (Phi) is 6.35. The van der Waals surface area contributed by atoms with Gasteiger partial charge in [-0.2, -0.15) is 0 Å². The summed E-state index contributed by atoms with van der Waals surface area (Å²) >= 11 is 6.16. The molecule has 1 aliphatic rings. The molecule has 0 saturated carbocycles. The van der Waals surface area contributed by atoms with Crippen molar-refractivity contribution in [2.45, 2.75) is 25.8 Å². The minimum Gasteiger partial charge on any atom is -0.508 e. The zero-order valence-corrected chi connectivity index (χ0v) is 19.7. The first-order valence-corrected chi connectivity index (χ1v) is 11.1. The quantitative estimate of drug-likeness (QED) is 0.275. The Balaban J connectivity index is 1.95. The maximum Gasteiger partial charge on any atom is 0.300 e. The molecule has 7 heteroatoms. The predicted octanol–water partition coefficient (Wildman–Crippen LogP) is 5.80. The molecule has 1 fully saturated rings. The van der Waals surface area contributed by atoms with Crippen molar-refractivity contribution in [2.24, 2.45) is 0 Å². The van der Waals surface area contributed by atoms with Gasteiger partial charge in [0.05, 0.1) is 18.7 Å². The topological polar surface area (TPSA) is 87.1 Å². The number of aromatic hydroxyl groups is 1. The predicted molar refractivity (Wildman–Crippen MR) is 131 cm³/mol. The number of methoxy groups -OCH3 is 1. The Morgan fingerprint density at radius 2 is 1.74 bits per heavy atom. The van der Waals surface area contributed by atoms with Crippen LogP contribution >= 0.6 is 11.6 Å². The third-order valence-electron chi connectivity index (χ3n) is 5.86. The SMILES string of the molecule is COc1ccc(/C(O)=C2/C(=O)C(=O)N(c3cccc(Cl)c3)C2c2ccc(O)cc2)cc1C(C)C. The lowest BCUT2D eigenvalue weighted by atomic mass is 9.93. The first kappa shape index (κ1) is 23.4. The molecule has 1 amide bonds. The van der Waals surface area contributed by atoms with Crippen molar-refractivity contribution in [3.05, 3.63) is 94.0 Å². The number of carbonyl (C=O) groups excluding carboxylic acids is 2. The van der Waals surface area contributed by atoms with Crippen molar-refractivity contribution in [1.29, 1.82) is 0 Å². The van der Waals surface area contributed by atoms with Crippen LogP contribution in [0.15, 0.2) is 72.3 Å². The number of aliphatic hydroxyl groups excluding tert-OH is 1. The van der Waals surface area contributed by atoms with E-state index in [4.69, 9.17) is 16.3 Å². The molecule has 6 nitrogen and oxygen atoms in total. The molecular formula is C27H24ClNO5. The van der Waals surface area contributed by atoms with Crippen LogP contribution in [-0.2, 0) is 9.59 Å². The van der Waals surface area contributed by atoms with Crippen LogP contribution in [0, 0.1) is 0 Å². The lowest BCUT2D eigenvalue weighted by Crippen LogP contribution is -2.29. The molecule has 34 heavy (non-hydrogen) atoms. The average Bonchev–Trinajstić information content (AvgIpc) is 3.09. The fourth-order valence-electron chi connectivity index (χ4n) is 4.19. The van der Waals surface area contributed by atoms with E-state index in [0.717, 1.165) is 5.56 Å². The summed E-state index contributed by atoms with van der Waals surface area (Å²) in [7, 11) is 1.57. The third-order valence-corrected chi connectivity index (χ3v) is 6.10. The summed E-state index contributed by atoms with van der Waals surface area (Å²) in [6.45, 7) is 3.99. The summed E-state index contributed by atoms with van der Waals surface area (Å²) in [6, 6.07) is 17.0. The van der Waals surface area contributed by atoms with Crippen LogP contribution in [0.1, 0.15) is 42.5 Å². The number of hydrogen-bond acceptors (Lipinski definition) is 5. The number of ketones is 1.